The lowest BCUT2D eigenvalue weighted by Gasteiger charge is -2.37. The van der Waals surface area contributed by atoms with Gasteiger partial charge in [0.1, 0.15) is 6.04 Å². The third-order valence-corrected chi connectivity index (χ3v) is 9.92. The second kappa shape index (κ2) is 9.54. The van der Waals surface area contributed by atoms with Gasteiger partial charge in [-0.15, -0.1) is 11.8 Å². The lowest BCUT2D eigenvalue weighted by Crippen LogP contribution is -2.56. The molecule has 7 nitrogen and oxygen atoms in total. The molecule has 4 aliphatic heterocycles. The summed E-state index contributed by atoms with van der Waals surface area (Å²) in [5, 5.41) is 10.3. The van der Waals surface area contributed by atoms with E-state index in [9.17, 15) is 19.5 Å². The Balaban J connectivity index is 1.64. The Bertz CT molecular complexity index is 1140. The second-order valence-electron chi connectivity index (χ2n) is 10.1. The highest BCUT2D eigenvalue weighted by Gasteiger charge is 2.71. The van der Waals surface area contributed by atoms with Crippen molar-refractivity contribution in [3.05, 3.63) is 53.1 Å². The summed E-state index contributed by atoms with van der Waals surface area (Å²) in [5.41, 5.74) is 1.49. The molecule has 0 bridgehead atoms. The summed E-state index contributed by atoms with van der Waals surface area (Å²) in [6.07, 6.45) is 8.80. The first-order valence-corrected chi connectivity index (χ1v) is 13.8. The molecule has 2 fully saturated rings. The number of halogens is 1. The van der Waals surface area contributed by atoms with Gasteiger partial charge >= 0.3 is 0 Å². The Morgan fingerprint density at radius 3 is 2.64 bits per heavy atom. The van der Waals surface area contributed by atoms with Crippen LogP contribution in [0.1, 0.15) is 25.8 Å². The molecule has 0 radical (unpaired) electrons. The van der Waals surface area contributed by atoms with Crippen LogP contribution in [-0.4, -0.2) is 80.9 Å². The summed E-state index contributed by atoms with van der Waals surface area (Å²) in [4.78, 5) is 47.3. The monoisotopic (exact) mass is 529 g/mol. The summed E-state index contributed by atoms with van der Waals surface area (Å²) < 4.78 is -0.911. The van der Waals surface area contributed by atoms with Crippen molar-refractivity contribution in [3.8, 4) is 0 Å². The smallest absolute Gasteiger partial charge is 0.251 e. The summed E-state index contributed by atoms with van der Waals surface area (Å²) >= 11 is 8.11. The molecule has 4 heterocycles. The van der Waals surface area contributed by atoms with E-state index in [4.69, 9.17) is 11.6 Å². The molecule has 1 unspecified atom stereocenters. The van der Waals surface area contributed by atoms with E-state index in [1.807, 2.05) is 55.2 Å². The molecule has 0 saturated carbocycles. The Morgan fingerprint density at radius 1 is 1.17 bits per heavy atom. The molecule has 36 heavy (non-hydrogen) atoms. The first-order valence-electron chi connectivity index (χ1n) is 12.6. The minimum Gasteiger partial charge on any atom is -0.394 e. The van der Waals surface area contributed by atoms with Gasteiger partial charge in [-0.2, -0.15) is 0 Å². The van der Waals surface area contributed by atoms with Crippen molar-refractivity contribution < 1.29 is 19.5 Å². The van der Waals surface area contributed by atoms with E-state index < -0.39 is 28.7 Å². The first-order chi connectivity index (χ1) is 17.3. The highest BCUT2D eigenvalue weighted by atomic mass is 35.5. The van der Waals surface area contributed by atoms with E-state index in [2.05, 4.69) is 0 Å². The summed E-state index contributed by atoms with van der Waals surface area (Å²) in [7, 11) is 0. The van der Waals surface area contributed by atoms with E-state index in [-0.39, 0.29) is 29.6 Å². The molecule has 3 amide bonds. The predicted molar refractivity (Wildman–Crippen MR) is 142 cm³/mol. The maximum atomic E-state index is 14.4. The van der Waals surface area contributed by atoms with Gasteiger partial charge in [0.2, 0.25) is 11.8 Å². The van der Waals surface area contributed by atoms with Crippen molar-refractivity contribution >= 4 is 46.8 Å². The van der Waals surface area contributed by atoms with Crippen LogP contribution >= 0.6 is 23.4 Å². The molecule has 1 aromatic rings. The Hall–Kier alpha value is -2.29. The number of aliphatic hydroxyl groups is 1. The van der Waals surface area contributed by atoms with Crippen LogP contribution in [0.3, 0.4) is 0 Å². The zero-order valence-electron chi connectivity index (χ0n) is 20.8. The number of carbonyl (C=O) groups excluding carboxylic acids is 3. The lowest BCUT2D eigenvalue weighted by molar-refractivity contribution is -0.144. The zero-order valence-corrected chi connectivity index (χ0v) is 22.3. The average Bonchev–Trinajstić information content (AvgIpc) is 3.18. The molecule has 192 valence electrons. The first kappa shape index (κ1) is 25.4. The van der Waals surface area contributed by atoms with Gasteiger partial charge in [-0.3, -0.25) is 14.4 Å². The lowest BCUT2D eigenvalue weighted by atomic mass is 9.78. The fourth-order valence-electron chi connectivity index (χ4n) is 6.33. The number of amides is 3. The van der Waals surface area contributed by atoms with Crippen molar-refractivity contribution in [2.75, 3.05) is 31.1 Å². The van der Waals surface area contributed by atoms with Crippen LogP contribution in [0.5, 0.6) is 0 Å². The standard InChI is InChI=1S/C27H32ClN3O4S/c1-4-12-29-13-6-10-19-20(24(29)33)21-25(34)31(17(3)15-32)23-26(35)30(14-7-11-27(21,23)36-19)22-16(2)8-5-9-18(22)28/h5-11,17,19-21,23,32H,4,12-15H2,1-3H3/t17-,19+,20-,21+,23?,27+/m1/s1. The number of rotatable bonds is 5. The molecule has 1 spiro atoms. The number of carbonyl (C=O) groups is 3. The maximum absolute atomic E-state index is 14.4. The van der Waals surface area contributed by atoms with Crippen LogP contribution in [0.25, 0.3) is 0 Å². The van der Waals surface area contributed by atoms with Crippen molar-refractivity contribution in [3.63, 3.8) is 0 Å². The van der Waals surface area contributed by atoms with Gasteiger partial charge in [0.05, 0.1) is 39.9 Å². The number of hydrogen-bond donors (Lipinski definition) is 1. The number of aliphatic hydroxyl groups excluding tert-OH is 1. The molecule has 6 atom stereocenters. The predicted octanol–water partition coefficient (Wildman–Crippen LogP) is 3.04. The van der Waals surface area contributed by atoms with Gasteiger partial charge in [0.15, 0.2) is 0 Å². The summed E-state index contributed by atoms with van der Waals surface area (Å²) in [5.74, 6) is -1.75. The molecule has 5 rings (SSSR count). The van der Waals surface area contributed by atoms with Crippen molar-refractivity contribution in [1.82, 2.24) is 9.80 Å². The third-order valence-electron chi connectivity index (χ3n) is 7.87. The van der Waals surface area contributed by atoms with Crippen LogP contribution in [0.15, 0.2) is 42.5 Å². The molecule has 1 aromatic carbocycles. The molecule has 4 aliphatic rings. The minimum atomic E-state index is -0.911. The molecular formula is C27H32ClN3O4S. The van der Waals surface area contributed by atoms with Crippen molar-refractivity contribution in [2.45, 2.75) is 49.3 Å². The van der Waals surface area contributed by atoms with Crippen LogP contribution < -0.4 is 4.90 Å². The van der Waals surface area contributed by atoms with Gasteiger partial charge < -0.3 is 19.8 Å². The topological polar surface area (TPSA) is 81.2 Å². The van der Waals surface area contributed by atoms with Gasteiger partial charge in [-0.25, -0.2) is 0 Å². The molecule has 0 aromatic heterocycles. The largest absolute Gasteiger partial charge is 0.394 e. The van der Waals surface area contributed by atoms with E-state index in [0.717, 1.165) is 12.0 Å². The van der Waals surface area contributed by atoms with E-state index >= 15 is 0 Å². The second-order valence-corrected chi connectivity index (χ2v) is 12.0. The quantitative estimate of drug-likeness (QED) is 0.593. The fraction of sp³-hybridized carbons (Fsp3) is 0.519. The van der Waals surface area contributed by atoms with Gasteiger partial charge in [-0.1, -0.05) is 55.0 Å². The minimum absolute atomic E-state index is 0.0317. The summed E-state index contributed by atoms with van der Waals surface area (Å²) in [6, 6.07) is 4.08. The molecular weight excluding hydrogens is 498 g/mol. The van der Waals surface area contributed by atoms with Gasteiger partial charge in [0.25, 0.3) is 5.91 Å². The van der Waals surface area contributed by atoms with E-state index in [1.165, 1.54) is 4.90 Å². The molecule has 9 heteroatoms. The number of hydrogen-bond acceptors (Lipinski definition) is 5. The number of para-hydroxylation sites is 1. The Labute approximate surface area is 221 Å². The van der Waals surface area contributed by atoms with Crippen LogP contribution in [0.2, 0.25) is 5.02 Å². The van der Waals surface area contributed by atoms with Crippen LogP contribution in [0.4, 0.5) is 5.69 Å². The van der Waals surface area contributed by atoms with Crippen molar-refractivity contribution in [1.29, 1.82) is 0 Å². The Morgan fingerprint density at radius 2 is 1.94 bits per heavy atom. The fourth-order valence-corrected chi connectivity index (χ4v) is 8.64. The normalized spacial score (nSPS) is 32.4. The number of benzene rings is 1. The maximum Gasteiger partial charge on any atom is 0.251 e. The number of fused-ring (bicyclic) bond motifs is 2. The highest BCUT2D eigenvalue weighted by Crippen LogP contribution is 2.61. The highest BCUT2D eigenvalue weighted by molar-refractivity contribution is 8.02. The molecule has 0 aliphatic carbocycles. The number of thioether (sulfide) groups is 1. The van der Waals surface area contributed by atoms with Crippen molar-refractivity contribution in [2.24, 2.45) is 11.8 Å². The van der Waals surface area contributed by atoms with Gasteiger partial charge in [0, 0.05) is 24.9 Å². The average molecular weight is 530 g/mol. The van der Waals surface area contributed by atoms with E-state index in [1.54, 1.807) is 29.7 Å². The SMILES string of the molecule is CCCN1CC=C[C@@H]2S[C@]34C=CCN(c5c(C)cccc5Cl)C(=O)C3N([C@H](C)CO)C(=O)[C@@H]4[C@@H]2C1=O. The van der Waals surface area contributed by atoms with Crippen LogP contribution in [-0.2, 0) is 14.4 Å². The molecule has 2 saturated heterocycles. The zero-order chi connectivity index (χ0) is 25.8. The number of nitrogens with zero attached hydrogens (tertiary/aromatic N) is 3. The number of likely N-dealkylation sites (tertiary alicyclic amines) is 1. The number of anilines is 1. The number of aryl methyl sites for hydroxylation is 1. The summed E-state index contributed by atoms with van der Waals surface area (Å²) in [6.45, 7) is 6.88. The molecule has 1 N–H and O–H groups in total. The van der Waals surface area contributed by atoms with Gasteiger partial charge in [-0.05, 0) is 31.9 Å². The van der Waals surface area contributed by atoms with E-state index in [0.29, 0.717) is 30.3 Å². The Kier molecular flexibility index (Phi) is 6.72. The third kappa shape index (κ3) is 3.63. The van der Waals surface area contributed by atoms with Crippen LogP contribution in [0, 0.1) is 18.8 Å².